The van der Waals surface area contributed by atoms with Gasteiger partial charge in [0.2, 0.25) is 0 Å². The van der Waals surface area contributed by atoms with Crippen LogP contribution in [0.25, 0.3) is 0 Å². The van der Waals surface area contributed by atoms with Crippen LogP contribution in [0.1, 0.15) is 27.2 Å². The van der Waals surface area contributed by atoms with Gasteiger partial charge < -0.3 is 10.1 Å². The Hall–Kier alpha value is -1.01. The predicted octanol–water partition coefficient (Wildman–Crippen LogP) is 1.19. The molecular weight excluding hydrogens is 190 g/mol. The van der Waals surface area contributed by atoms with Crippen molar-refractivity contribution in [1.82, 2.24) is 5.32 Å². The summed E-state index contributed by atoms with van der Waals surface area (Å²) in [7, 11) is 0. The molecule has 1 aliphatic rings. The minimum Gasteiger partial charge on any atom is -0.448 e. The molecule has 1 N–H and O–H groups in total. The Bertz CT molecular complexity index is 266. The van der Waals surface area contributed by atoms with E-state index in [1.807, 2.05) is 20.8 Å². The molecule has 3 heteroatoms. The topological polar surface area (TPSA) is 38.3 Å². The maximum atomic E-state index is 11.7. The monoisotopic (exact) mass is 209 g/mol. The smallest absolute Gasteiger partial charge is 0.312 e. The molecule has 84 valence electrons. The summed E-state index contributed by atoms with van der Waals surface area (Å²) in [6.07, 6.45) is 5.98. The van der Waals surface area contributed by atoms with Crippen molar-refractivity contribution in [2.45, 2.75) is 33.3 Å². The SMILES string of the molecule is C#CC(OC(=O)C(C)(C)C)C1CCNC1. The highest BCUT2D eigenvalue weighted by Gasteiger charge is 2.30. The van der Waals surface area contributed by atoms with Gasteiger partial charge in [-0.25, -0.2) is 0 Å². The molecule has 2 unspecified atom stereocenters. The van der Waals surface area contributed by atoms with Gasteiger partial charge in [0.05, 0.1) is 5.41 Å². The number of esters is 1. The molecule has 0 radical (unpaired) electrons. The summed E-state index contributed by atoms with van der Waals surface area (Å²) in [5.41, 5.74) is -0.485. The second kappa shape index (κ2) is 4.67. The predicted molar refractivity (Wildman–Crippen MR) is 59.1 cm³/mol. The van der Waals surface area contributed by atoms with Gasteiger partial charge in [0.15, 0.2) is 6.10 Å². The molecule has 0 bridgehead atoms. The van der Waals surface area contributed by atoms with Gasteiger partial charge in [0.25, 0.3) is 0 Å². The summed E-state index contributed by atoms with van der Waals surface area (Å²) < 4.78 is 5.33. The summed E-state index contributed by atoms with van der Waals surface area (Å²) in [5.74, 6) is 2.60. The van der Waals surface area contributed by atoms with Crippen molar-refractivity contribution < 1.29 is 9.53 Å². The second-order valence-corrected chi connectivity index (χ2v) is 5.00. The van der Waals surface area contributed by atoms with Gasteiger partial charge in [0, 0.05) is 12.5 Å². The molecule has 1 rings (SSSR count). The minimum atomic E-state index is -0.485. The van der Waals surface area contributed by atoms with Crippen LogP contribution < -0.4 is 5.32 Å². The number of nitrogens with one attached hydrogen (secondary N) is 1. The lowest BCUT2D eigenvalue weighted by Crippen LogP contribution is -2.32. The van der Waals surface area contributed by atoms with Gasteiger partial charge in [0.1, 0.15) is 0 Å². The van der Waals surface area contributed by atoms with Crippen molar-refractivity contribution in [2.75, 3.05) is 13.1 Å². The van der Waals surface area contributed by atoms with Crippen LogP contribution in [0.5, 0.6) is 0 Å². The Labute approximate surface area is 91.6 Å². The maximum Gasteiger partial charge on any atom is 0.312 e. The fourth-order valence-electron chi connectivity index (χ4n) is 1.49. The van der Waals surface area contributed by atoms with Gasteiger partial charge in [-0.05, 0) is 33.7 Å². The first kappa shape index (κ1) is 12.1. The first-order valence-corrected chi connectivity index (χ1v) is 5.33. The standard InChI is InChI=1S/C12H19NO2/c1-5-10(9-6-7-13-8-9)15-11(14)12(2,3)4/h1,9-10,13H,6-8H2,2-4H3. The number of rotatable bonds is 2. The van der Waals surface area contributed by atoms with E-state index in [0.29, 0.717) is 0 Å². The summed E-state index contributed by atoms with van der Waals surface area (Å²) in [5, 5.41) is 3.21. The Morgan fingerprint density at radius 1 is 1.60 bits per heavy atom. The summed E-state index contributed by atoms with van der Waals surface area (Å²) >= 11 is 0. The molecule has 0 spiro atoms. The molecule has 0 amide bonds. The molecule has 15 heavy (non-hydrogen) atoms. The number of hydrogen-bond acceptors (Lipinski definition) is 3. The third kappa shape index (κ3) is 3.24. The number of carbonyl (C=O) groups is 1. The maximum absolute atomic E-state index is 11.7. The van der Waals surface area contributed by atoms with E-state index in [4.69, 9.17) is 11.2 Å². The highest BCUT2D eigenvalue weighted by atomic mass is 16.5. The molecule has 2 atom stereocenters. The summed E-state index contributed by atoms with van der Waals surface area (Å²) in [6, 6.07) is 0. The molecule has 1 heterocycles. The number of carbonyl (C=O) groups excluding carboxylic acids is 1. The number of hydrogen-bond donors (Lipinski definition) is 1. The molecule has 3 nitrogen and oxygen atoms in total. The normalized spacial score (nSPS) is 23.2. The minimum absolute atomic E-state index is 0.225. The zero-order valence-corrected chi connectivity index (χ0v) is 9.67. The van der Waals surface area contributed by atoms with E-state index >= 15 is 0 Å². The third-order valence-corrected chi connectivity index (χ3v) is 2.54. The fraction of sp³-hybridized carbons (Fsp3) is 0.750. The Kier molecular flexibility index (Phi) is 3.76. The van der Waals surface area contributed by atoms with E-state index in [9.17, 15) is 4.79 Å². The van der Waals surface area contributed by atoms with Crippen LogP contribution >= 0.6 is 0 Å². The van der Waals surface area contributed by atoms with Crippen molar-refractivity contribution in [1.29, 1.82) is 0 Å². The van der Waals surface area contributed by atoms with Crippen molar-refractivity contribution >= 4 is 5.97 Å². The van der Waals surface area contributed by atoms with Gasteiger partial charge in [-0.15, -0.1) is 6.42 Å². The Morgan fingerprint density at radius 3 is 2.67 bits per heavy atom. The van der Waals surface area contributed by atoms with Crippen LogP contribution in [0.3, 0.4) is 0 Å². The van der Waals surface area contributed by atoms with E-state index in [1.165, 1.54) is 0 Å². The lowest BCUT2D eigenvalue weighted by atomic mass is 9.96. The lowest BCUT2D eigenvalue weighted by Gasteiger charge is -2.23. The first-order chi connectivity index (χ1) is 6.95. The molecule has 1 saturated heterocycles. The molecule has 0 aromatic rings. The second-order valence-electron chi connectivity index (χ2n) is 5.00. The molecule has 0 aromatic heterocycles. The zero-order valence-electron chi connectivity index (χ0n) is 9.67. The fourth-order valence-corrected chi connectivity index (χ4v) is 1.49. The molecule has 0 saturated carbocycles. The van der Waals surface area contributed by atoms with Crippen LogP contribution in [-0.4, -0.2) is 25.2 Å². The first-order valence-electron chi connectivity index (χ1n) is 5.33. The van der Waals surface area contributed by atoms with E-state index in [2.05, 4.69) is 11.2 Å². The highest BCUT2D eigenvalue weighted by Crippen LogP contribution is 2.21. The Balaban J connectivity index is 2.54. The van der Waals surface area contributed by atoms with Crippen LogP contribution in [0.15, 0.2) is 0 Å². The van der Waals surface area contributed by atoms with Crippen molar-refractivity contribution in [3.63, 3.8) is 0 Å². The summed E-state index contributed by atoms with van der Waals surface area (Å²) in [4.78, 5) is 11.7. The quantitative estimate of drug-likeness (QED) is 0.548. The van der Waals surface area contributed by atoms with Crippen LogP contribution in [0.4, 0.5) is 0 Å². The van der Waals surface area contributed by atoms with Gasteiger partial charge in [-0.2, -0.15) is 0 Å². The van der Waals surface area contributed by atoms with E-state index in [1.54, 1.807) is 0 Å². The lowest BCUT2D eigenvalue weighted by molar-refractivity contribution is -0.157. The summed E-state index contributed by atoms with van der Waals surface area (Å²) in [6.45, 7) is 7.28. The third-order valence-electron chi connectivity index (χ3n) is 2.54. The molecule has 1 aliphatic heterocycles. The van der Waals surface area contributed by atoms with Crippen molar-refractivity contribution in [3.8, 4) is 12.3 Å². The van der Waals surface area contributed by atoms with Crippen LogP contribution in [0, 0.1) is 23.7 Å². The molecule has 0 aromatic carbocycles. The number of ether oxygens (including phenoxy) is 1. The number of terminal acetylenes is 1. The van der Waals surface area contributed by atoms with E-state index < -0.39 is 5.41 Å². The van der Waals surface area contributed by atoms with Crippen LogP contribution in [-0.2, 0) is 9.53 Å². The van der Waals surface area contributed by atoms with Gasteiger partial charge in [-0.1, -0.05) is 5.92 Å². The highest BCUT2D eigenvalue weighted by molar-refractivity contribution is 5.75. The van der Waals surface area contributed by atoms with E-state index in [-0.39, 0.29) is 18.0 Å². The largest absolute Gasteiger partial charge is 0.448 e. The molecule has 0 aliphatic carbocycles. The average Bonchev–Trinajstić information content (AvgIpc) is 2.64. The average molecular weight is 209 g/mol. The zero-order chi connectivity index (χ0) is 11.5. The van der Waals surface area contributed by atoms with Crippen LogP contribution in [0.2, 0.25) is 0 Å². The van der Waals surface area contributed by atoms with Gasteiger partial charge in [-0.3, -0.25) is 4.79 Å². The molecule has 1 fully saturated rings. The van der Waals surface area contributed by atoms with E-state index in [0.717, 1.165) is 19.5 Å². The Morgan fingerprint density at radius 2 is 2.27 bits per heavy atom. The van der Waals surface area contributed by atoms with Crippen molar-refractivity contribution in [3.05, 3.63) is 0 Å². The molecular formula is C12H19NO2. The van der Waals surface area contributed by atoms with Gasteiger partial charge >= 0.3 is 5.97 Å². The van der Waals surface area contributed by atoms with Crippen molar-refractivity contribution in [2.24, 2.45) is 11.3 Å².